The number of aryl methyl sites for hydroxylation is 1. The molecule has 6 nitrogen and oxygen atoms in total. The molecule has 0 atom stereocenters. The predicted octanol–water partition coefficient (Wildman–Crippen LogP) is 3.07. The number of hydrogen-bond donors (Lipinski definition) is 1. The second-order valence-electron chi connectivity index (χ2n) is 8.36. The first-order chi connectivity index (χ1) is 14.9. The van der Waals surface area contributed by atoms with Crippen LogP contribution in [0.15, 0.2) is 48.5 Å². The molecule has 1 heterocycles. The fraction of sp³-hybridized carbons (Fsp3) is 0.440. The first-order valence-corrected chi connectivity index (χ1v) is 11.0. The summed E-state index contributed by atoms with van der Waals surface area (Å²) in [4.78, 5) is 28.9. The second-order valence-corrected chi connectivity index (χ2v) is 8.36. The van der Waals surface area contributed by atoms with E-state index in [2.05, 4.69) is 24.1 Å². The Balaban J connectivity index is 1.35. The van der Waals surface area contributed by atoms with Crippen molar-refractivity contribution in [1.29, 1.82) is 0 Å². The summed E-state index contributed by atoms with van der Waals surface area (Å²) >= 11 is 0. The molecule has 1 aliphatic rings. The van der Waals surface area contributed by atoms with E-state index in [4.69, 9.17) is 4.74 Å². The summed E-state index contributed by atoms with van der Waals surface area (Å²) in [5, 5.41) is 2.90. The Kier molecular flexibility index (Phi) is 8.06. The second kappa shape index (κ2) is 11.0. The Labute approximate surface area is 185 Å². The smallest absolute Gasteiger partial charge is 0.253 e. The van der Waals surface area contributed by atoms with E-state index in [0.29, 0.717) is 51.8 Å². The highest BCUT2D eigenvalue weighted by Crippen LogP contribution is 2.16. The van der Waals surface area contributed by atoms with Gasteiger partial charge in [-0.2, -0.15) is 0 Å². The van der Waals surface area contributed by atoms with Gasteiger partial charge in [0.15, 0.2) is 0 Å². The van der Waals surface area contributed by atoms with Crippen molar-refractivity contribution in [3.8, 4) is 5.75 Å². The van der Waals surface area contributed by atoms with Gasteiger partial charge in [0, 0.05) is 31.7 Å². The molecule has 0 bridgehead atoms. The molecule has 0 aromatic heterocycles. The lowest BCUT2D eigenvalue weighted by atomic mass is 10.0. The van der Waals surface area contributed by atoms with Crippen LogP contribution < -0.4 is 10.1 Å². The number of carbonyl (C=O) groups is 2. The summed E-state index contributed by atoms with van der Waals surface area (Å²) in [6, 6.07) is 15.7. The average molecular weight is 424 g/mol. The first kappa shape index (κ1) is 22.8. The Morgan fingerprint density at radius 3 is 2.39 bits per heavy atom. The molecule has 1 saturated heterocycles. The molecule has 0 radical (unpaired) electrons. The zero-order valence-electron chi connectivity index (χ0n) is 18.8. The number of rotatable bonds is 8. The van der Waals surface area contributed by atoms with E-state index in [0.717, 1.165) is 16.9 Å². The minimum Gasteiger partial charge on any atom is -0.492 e. The van der Waals surface area contributed by atoms with Crippen molar-refractivity contribution in [2.75, 3.05) is 45.9 Å². The van der Waals surface area contributed by atoms with Crippen molar-refractivity contribution in [2.24, 2.45) is 0 Å². The maximum absolute atomic E-state index is 12.7. The number of benzene rings is 2. The average Bonchev–Trinajstić information content (AvgIpc) is 2.77. The summed E-state index contributed by atoms with van der Waals surface area (Å²) in [7, 11) is 0. The van der Waals surface area contributed by atoms with Gasteiger partial charge < -0.3 is 15.0 Å². The van der Waals surface area contributed by atoms with E-state index < -0.39 is 0 Å². The predicted molar refractivity (Wildman–Crippen MR) is 123 cm³/mol. The van der Waals surface area contributed by atoms with Gasteiger partial charge in [0.25, 0.3) is 5.91 Å². The van der Waals surface area contributed by atoms with E-state index in [9.17, 15) is 9.59 Å². The minimum atomic E-state index is -0.0168. The third-order valence-electron chi connectivity index (χ3n) is 5.53. The first-order valence-electron chi connectivity index (χ1n) is 11.0. The molecule has 0 spiro atoms. The van der Waals surface area contributed by atoms with Crippen molar-refractivity contribution in [3.05, 3.63) is 65.2 Å². The SMILES string of the molecule is Cc1cccc(OCCNC(=O)CN2CCN(C(=O)c3ccc(C(C)C)cc3)CC2)c1. The van der Waals surface area contributed by atoms with Gasteiger partial charge in [0.05, 0.1) is 13.1 Å². The monoisotopic (exact) mass is 423 g/mol. The molecular weight excluding hydrogens is 390 g/mol. The number of nitrogens with one attached hydrogen (secondary N) is 1. The maximum atomic E-state index is 12.7. The van der Waals surface area contributed by atoms with Gasteiger partial charge in [-0.1, -0.05) is 38.1 Å². The molecule has 0 aliphatic carbocycles. The molecule has 2 aromatic rings. The van der Waals surface area contributed by atoms with Gasteiger partial charge in [-0.25, -0.2) is 0 Å². The van der Waals surface area contributed by atoms with Crippen LogP contribution in [0.25, 0.3) is 0 Å². The lowest BCUT2D eigenvalue weighted by Gasteiger charge is -2.34. The number of carbonyl (C=O) groups excluding carboxylic acids is 2. The normalized spacial score (nSPS) is 14.5. The number of amides is 2. The molecule has 166 valence electrons. The number of hydrogen-bond acceptors (Lipinski definition) is 4. The molecule has 1 N–H and O–H groups in total. The van der Waals surface area contributed by atoms with Crippen LogP contribution in [0, 0.1) is 6.92 Å². The third-order valence-corrected chi connectivity index (χ3v) is 5.53. The zero-order chi connectivity index (χ0) is 22.2. The van der Waals surface area contributed by atoms with Crippen molar-refractivity contribution >= 4 is 11.8 Å². The zero-order valence-corrected chi connectivity index (χ0v) is 18.8. The minimum absolute atomic E-state index is 0.0168. The van der Waals surface area contributed by atoms with Gasteiger partial charge in [-0.3, -0.25) is 14.5 Å². The van der Waals surface area contributed by atoms with Crippen molar-refractivity contribution in [2.45, 2.75) is 26.7 Å². The van der Waals surface area contributed by atoms with Crippen molar-refractivity contribution in [3.63, 3.8) is 0 Å². The van der Waals surface area contributed by atoms with Crippen LogP contribution in [0.1, 0.15) is 41.3 Å². The number of ether oxygens (including phenoxy) is 1. The van der Waals surface area contributed by atoms with Gasteiger partial charge in [-0.05, 0) is 48.2 Å². The Hall–Kier alpha value is -2.86. The Bertz CT molecular complexity index is 872. The van der Waals surface area contributed by atoms with Crippen LogP contribution in [-0.4, -0.2) is 67.5 Å². The lowest BCUT2D eigenvalue weighted by Crippen LogP contribution is -2.51. The summed E-state index contributed by atoms with van der Waals surface area (Å²) < 4.78 is 5.66. The maximum Gasteiger partial charge on any atom is 0.253 e. The molecule has 6 heteroatoms. The summed E-state index contributed by atoms with van der Waals surface area (Å²) in [6.07, 6.45) is 0. The van der Waals surface area contributed by atoms with Crippen LogP contribution in [-0.2, 0) is 4.79 Å². The van der Waals surface area contributed by atoms with E-state index in [1.807, 2.05) is 60.4 Å². The van der Waals surface area contributed by atoms with Gasteiger partial charge in [-0.15, -0.1) is 0 Å². The lowest BCUT2D eigenvalue weighted by molar-refractivity contribution is -0.122. The van der Waals surface area contributed by atoms with Crippen LogP contribution >= 0.6 is 0 Å². The summed E-state index contributed by atoms with van der Waals surface area (Å²) in [6.45, 7) is 10.2. The molecule has 3 rings (SSSR count). The largest absolute Gasteiger partial charge is 0.492 e. The number of nitrogens with zero attached hydrogens (tertiary/aromatic N) is 2. The Morgan fingerprint density at radius 1 is 1.03 bits per heavy atom. The van der Waals surface area contributed by atoms with Crippen molar-refractivity contribution in [1.82, 2.24) is 15.1 Å². The molecule has 2 amide bonds. The molecule has 2 aromatic carbocycles. The van der Waals surface area contributed by atoms with E-state index in [-0.39, 0.29) is 11.8 Å². The van der Waals surface area contributed by atoms with Crippen LogP contribution in [0.2, 0.25) is 0 Å². The topological polar surface area (TPSA) is 61.9 Å². The van der Waals surface area contributed by atoms with Gasteiger partial charge >= 0.3 is 0 Å². The molecule has 0 unspecified atom stereocenters. The number of piperazine rings is 1. The molecular formula is C25H33N3O3. The fourth-order valence-electron chi connectivity index (χ4n) is 3.63. The van der Waals surface area contributed by atoms with Crippen LogP contribution in [0.4, 0.5) is 0 Å². The molecule has 0 saturated carbocycles. The van der Waals surface area contributed by atoms with Gasteiger partial charge in [0.1, 0.15) is 12.4 Å². The highest BCUT2D eigenvalue weighted by molar-refractivity contribution is 5.94. The standard InChI is InChI=1S/C25H33N3O3/c1-19(2)21-7-9-22(10-8-21)25(30)28-14-12-27(13-15-28)18-24(29)26-11-16-31-23-6-4-5-20(3)17-23/h4-10,17,19H,11-16,18H2,1-3H3,(H,26,29). The highest BCUT2D eigenvalue weighted by atomic mass is 16.5. The van der Waals surface area contributed by atoms with E-state index in [1.165, 1.54) is 5.56 Å². The van der Waals surface area contributed by atoms with Crippen LogP contribution in [0.5, 0.6) is 5.75 Å². The molecule has 1 aliphatic heterocycles. The summed E-state index contributed by atoms with van der Waals surface area (Å²) in [5.41, 5.74) is 3.10. The van der Waals surface area contributed by atoms with E-state index >= 15 is 0 Å². The highest BCUT2D eigenvalue weighted by Gasteiger charge is 2.23. The Morgan fingerprint density at radius 2 is 1.74 bits per heavy atom. The van der Waals surface area contributed by atoms with Crippen LogP contribution in [0.3, 0.4) is 0 Å². The van der Waals surface area contributed by atoms with E-state index in [1.54, 1.807) is 0 Å². The van der Waals surface area contributed by atoms with Crippen molar-refractivity contribution < 1.29 is 14.3 Å². The molecule has 1 fully saturated rings. The quantitative estimate of drug-likeness (QED) is 0.663. The third kappa shape index (κ3) is 6.82. The molecule has 31 heavy (non-hydrogen) atoms. The summed E-state index contributed by atoms with van der Waals surface area (Å²) in [5.74, 6) is 1.31. The van der Waals surface area contributed by atoms with Gasteiger partial charge in [0.2, 0.25) is 5.91 Å². The fourth-order valence-corrected chi connectivity index (χ4v) is 3.63.